The van der Waals surface area contributed by atoms with Crippen molar-refractivity contribution in [3.63, 3.8) is 0 Å². The fraction of sp³-hybridized carbons (Fsp3) is 0.0476. The number of hydrogen-bond donors (Lipinski definition) is 1. The number of allylic oxidation sites excluding steroid dienone is 5. The van der Waals surface area contributed by atoms with E-state index in [2.05, 4.69) is 58.9 Å². The Bertz CT molecular complexity index is 950. The fourth-order valence-electron chi connectivity index (χ4n) is 3.20. The predicted molar refractivity (Wildman–Crippen MR) is 97.3 cm³/mol. The van der Waals surface area contributed by atoms with E-state index in [0.29, 0.717) is 0 Å². The van der Waals surface area contributed by atoms with E-state index in [4.69, 9.17) is 4.74 Å². The van der Waals surface area contributed by atoms with Crippen LogP contribution < -0.4 is 10.1 Å². The summed E-state index contributed by atoms with van der Waals surface area (Å²) in [6.07, 6.45) is 12.9. The van der Waals surface area contributed by atoms with Crippen LogP contribution in [-0.4, -0.2) is 11.4 Å². The zero-order valence-corrected chi connectivity index (χ0v) is 13.1. The van der Waals surface area contributed by atoms with Crippen molar-refractivity contribution in [3.8, 4) is 11.5 Å². The maximum atomic E-state index is 5.98. The van der Waals surface area contributed by atoms with Crippen LogP contribution in [0.2, 0.25) is 0 Å². The molecule has 3 aliphatic heterocycles. The topological polar surface area (TPSA) is 24.5 Å². The van der Waals surface area contributed by atoms with Crippen molar-refractivity contribution < 1.29 is 4.74 Å². The van der Waals surface area contributed by atoms with Gasteiger partial charge in [-0.15, -0.1) is 0 Å². The van der Waals surface area contributed by atoms with Gasteiger partial charge in [-0.05, 0) is 53.6 Å². The Hall–Kier alpha value is -3.20. The Morgan fingerprint density at radius 3 is 2.92 bits per heavy atom. The number of para-hydroxylation sites is 2. The molecule has 0 aromatic heterocycles. The molecule has 0 fully saturated rings. The van der Waals surface area contributed by atoms with Crippen LogP contribution in [0, 0.1) is 0 Å². The maximum absolute atomic E-state index is 5.98. The molecule has 3 heteroatoms. The van der Waals surface area contributed by atoms with Crippen LogP contribution in [0.5, 0.6) is 11.5 Å². The van der Waals surface area contributed by atoms with Gasteiger partial charge in [0.25, 0.3) is 0 Å². The summed E-state index contributed by atoms with van der Waals surface area (Å²) in [6, 6.07) is 14.3. The van der Waals surface area contributed by atoms with Gasteiger partial charge in [0, 0.05) is 18.4 Å². The van der Waals surface area contributed by atoms with Crippen LogP contribution in [0.15, 0.2) is 84.7 Å². The average molecular weight is 312 g/mol. The molecular formula is C21H16N2O. The first-order chi connectivity index (χ1) is 11.9. The van der Waals surface area contributed by atoms with Gasteiger partial charge < -0.3 is 15.0 Å². The average Bonchev–Trinajstić information content (AvgIpc) is 2.65. The number of rotatable bonds is 1. The van der Waals surface area contributed by atoms with Crippen LogP contribution in [0.1, 0.15) is 5.56 Å². The Morgan fingerprint density at radius 2 is 1.92 bits per heavy atom. The number of nitrogens with zero attached hydrogens (tertiary/aromatic N) is 1. The third-order valence-corrected chi connectivity index (χ3v) is 4.46. The smallest absolute Gasteiger partial charge is 0.151 e. The third kappa shape index (κ3) is 2.14. The molecule has 3 heterocycles. The summed E-state index contributed by atoms with van der Waals surface area (Å²) in [7, 11) is 0. The van der Waals surface area contributed by atoms with E-state index in [1.807, 2.05) is 30.3 Å². The zero-order valence-electron chi connectivity index (χ0n) is 13.1. The van der Waals surface area contributed by atoms with Gasteiger partial charge >= 0.3 is 0 Å². The van der Waals surface area contributed by atoms with E-state index in [0.717, 1.165) is 29.4 Å². The lowest BCUT2D eigenvalue weighted by Crippen LogP contribution is -2.19. The van der Waals surface area contributed by atoms with Crippen LogP contribution >= 0.6 is 0 Å². The van der Waals surface area contributed by atoms with E-state index in [1.165, 1.54) is 16.8 Å². The minimum atomic E-state index is 0.860. The number of benzene rings is 2. The second-order valence-electron chi connectivity index (χ2n) is 6.02. The van der Waals surface area contributed by atoms with Crippen molar-refractivity contribution >= 4 is 16.9 Å². The summed E-state index contributed by atoms with van der Waals surface area (Å²) >= 11 is 0. The zero-order chi connectivity index (χ0) is 15.9. The van der Waals surface area contributed by atoms with Gasteiger partial charge in [0.2, 0.25) is 0 Å². The molecule has 2 aromatic carbocycles. The van der Waals surface area contributed by atoms with Crippen molar-refractivity contribution in [1.29, 1.82) is 0 Å². The molecule has 3 nitrogen and oxygen atoms in total. The Morgan fingerprint density at radius 1 is 1.00 bits per heavy atom. The Labute approximate surface area is 140 Å². The first kappa shape index (κ1) is 13.3. The summed E-state index contributed by atoms with van der Waals surface area (Å²) in [6.45, 7) is 0.933. The number of hydrogen-bond acceptors (Lipinski definition) is 3. The molecule has 0 spiro atoms. The lowest BCUT2D eigenvalue weighted by atomic mass is 10.00. The lowest BCUT2D eigenvalue weighted by Gasteiger charge is -2.27. The molecule has 0 saturated carbocycles. The van der Waals surface area contributed by atoms with E-state index in [9.17, 15) is 0 Å². The molecule has 1 N–H and O–H groups in total. The van der Waals surface area contributed by atoms with E-state index < -0.39 is 0 Å². The van der Waals surface area contributed by atoms with Gasteiger partial charge in [0.05, 0.1) is 11.4 Å². The molecule has 3 aliphatic rings. The van der Waals surface area contributed by atoms with E-state index >= 15 is 0 Å². The molecule has 0 bridgehead atoms. The highest BCUT2D eigenvalue weighted by atomic mass is 16.5. The van der Waals surface area contributed by atoms with E-state index in [-0.39, 0.29) is 0 Å². The van der Waals surface area contributed by atoms with Crippen LogP contribution in [-0.2, 0) is 0 Å². The Balaban J connectivity index is 1.51. The molecule has 0 radical (unpaired) electrons. The molecule has 5 rings (SSSR count). The van der Waals surface area contributed by atoms with Crippen molar-refractivity contribution in [1.82, 2.24) is 4.90 Å². The quantitative estimate of drug-likeness (QED) is 0.668. The highest BCUT2D eigenvalue weighted by Gasteiger charge is 2.18. The number of nitrogens with one attached hydrogen (secondary N) is 1. The number of ether oxygens (including phenoxy) is 1. The molecule has 2 aromatic rings. The van der Waals surface area contributed by atoms with Gasteiger partial charge in [-0.1, -0.05) is 30.4 Å². The predicted octanol–water partition coefficient (Wildman–Crippen LogP) is 5.20. The van der Waals surface area contributed by atoms with Gasteiger partial charge in [-0.2, -0.15) is 0 Å². The van der Waals surface area contributed by atoms with Crippen molar-refractivity contribution in [2.45, 2.75) is 0 Å². The van der Waals surface area contributed by atoms with Gasteiger partial charge in [0.1, 0.15) is 0 Å². The molecular weight excluding hydrogens is 296 g/mol. The summed E-state index contributed by atoms with van der Waals surface area (Å²) in [4.78, 5) is 2.24. The Kier molecular flexibility index (Phi) is 2.85. The van der Waals surface area contributed by atoms with Crippen molar-refractivity contribution in [2.24, 2.45) is 0 Å². The SMILES string of the molecule is C1=CCN2C=CC(c3ccc4c(c3)Nc3ccccc3O4)=CC2=C1. The maximum Gasteiger partial charge on any atom is 0.151 e. The summed E-state index contributed by atoms with van der Waals surface area (Å²) in [5, 5.41) is 3.46. The second-order valence-corrected chi connectivity index (χ2v) is 6.02. The fourth-order valence-corrected chi connectivity index (χ4v) is 3.20. The molecule has 0 aliphatic carbocycles. The molecule has 0 atom stereocenters. The van der Waals surface area contributed by atoms with Gasteiger partial charge in [-0.3, -0.25) is 0 Å². The highest BCUT2D eigenvalue weighted by Crippen LogP contribution is 2.43. The molecule has 0 unspecified atom stereocenters. The van der Waals surface area contributed by atoms with Crippen LogP contribution in [0.3, 0.4) is 0 Å². The molecule has 24 heavy (non-hydrogen) atoms. The summed E-state index contributed by atoms with van der Waals surface area (Å²) in [5.41, 5.74) is 5.61. The molecule has 0 amide bonds. The normalized spacial score (nSPS) is 16.9. The standard InChI is InChI=1S/C21H16N2O/c1-2-7-20-18(6-1)22-19-14-15(8-9-21(19)24-20)16-10-12-23-11-4-3-5-17(23)13-16/h1-10,12-14,22H,11H2. The lowest BCUT2D eigenvalue weighted by molar-refractivity contribution is 0.481. The minimum absolute atomic E-state index is 0.860. The summed E-state index contributed by atoms with van der Waals surface area (Å²) < 4.78 is 5.98. The van der Waals surface area contributed by atoms with Crippen LogP contribution in [0.25, 0.3) is 5.57 Å². The molecule has 0 saturated heterocycles. The largest absolute Gasteiger partial charge is 0.453 e. The highest BCUT2D eigenvalue weighted by molar-refractivity contribution is 5.83. The van der Waals surface area contributed by atoms with Crippen molar-refractivity contribution in [3.05, 3.63) is 90.3 Å². The van der Waals surface area contributed by atoms with Gasteiger partial charge in [-0.25, -0.2) is 0 Å². The second kappa shape index (κ2) is 5.17. The number of fused-ring (bicyclic) bond motifs is 3. The monoisotopic (exact) mass is 312 g/mol. The first-order valence-electron chi connectivity index (χ1n) is 8.08. The first-order valence-corrected chi connectivity index (χ1v) is 8.08. The number of anilines is 2. The third-order valence-electron chi connectivity index (χ3n) is 4.46. The van der Waals surface area contributed by atoms with Gasteiger partial charge in [0.15, 0.2) is 11.5 Å². The summed E-state index contributed by atoms with van der Waals surface area (Å²) in [5.74, 6) is 1.73. The minimum Gasteiger partial charge on any atom is -0.453 e. The van der Waals surface area contributed by atoms with Crippen molar-refractivity contribution in [2.75, 3.05) is 11.9 Å². The molecule has 116 valence electrons. The van der Waals surface area contributed by atoms with E-state index in [1.54, 1.807) is 0 Å². The van der Waals surface area contributed by atoms with Crippen LogP contribution in [0.4, 0.5) is 11.4 Å².